The quantitative estimate of drug-likeness (QED) is 0.929. The number of hydrogen-bond acceptors (Lipinski definition) is 3. The number of hydrogen-bond donors (Lipinski definition) is 1. The van der Waals surface area contributed by atoms with Crippen molar-refractivity contribution in [2.24, 2.45) is 11.7 Å². The Morgan fingerprint density at radius 1 is 1.26 bits per heavy atom. The standard InChI is InChI=1S/C15H22BrN3/c16-12-4-7-14(18-10-12)15-11(9-17)3-1-2-8-19(15)13-5-6-13/h4,7,10-11,13,15H,1-3,5-6,8-9,17H2. The van der Waals surface area contributed by atoms with Crippen LogP contribution in [0.25, 0.3) is 0 Å². The molecule has 104 valence electrons. The first-order chi connectivity index (χ1) is 9.29. The van der Waals surface area contributed by atoms with Crippen molar-refractivity contribution in [1.82, 2.24) is 9.88 Å². The lowest BCUT2D eigenvalue weighted by Gasteiger charge is -2.34. The maximum absolute atomic E-state index is 6.05. The van der Waals surface area contributed by atoms with Gasteiger partial charge in [-0.15, -0.1) is 0 Å². The molecule has 4 heteroatoms. The average Bonchev–Trinajstić information content (AvgIpc) is 3.25. The highest BCUT2D eigenvalue weighted by atomic mass is 79.9. The van der Waals surface area contributed by atoms with Crippen molar-refractivity contribution in [3.8, 4) is 0 Å². The molecular formula is C15H22BrN3. The van der Waals surface area contributed by atoms with Crippen LogP contribution in [0, 0.1) is 5.92 Å². The highest BCUT2D eigenvalue weighted by molar-refractivity contribution is 9.10. The van der Waals surface area contributed by atoms with Crippen LogP contribution in [0.5, 0.6) is 0 Å². The Morgan fingerprint density at radius 3 is 2.74 bits per heavy atom. The first kappa shape index (κ1) is 13.5. The number of likely N-dealkylation sites (tertiary alicyclic amines) is 1. The van der Waals surface area contributed by atoms with Gasteiger partial charge < -0.3 is 5.73 Å². The minimum absolute atomic E-state index is 0.424. The molecule has 1 aliphatic carbocycles. The summed E-state index contributed by atoms with van der Waals surface area (Å²) in [6, 6.07) is 5.47. The molecule has 2 aliphatic rings. The van der Waals surface area contributed by atoms with E-state index in [1.807, 2.05) is 6.20 Å². The van der Waals surface area contributed by atoms with Crippen molar-refractivity contribution in [3.05, 3.63) is 28.5 Å². The van der Waals surface area contributed by atoms with Crippen LogP contribution >= 0.6 is 15.9 Å². The summed E-state index contributed by atoms with van der Waals surface area (Å²) >= 11 is 3.47. The normalized spacial score (nSPS) is 29.2. The Balaban J connectivity index is 1.91. The van der Waals surface area contributed by atoms with Gasteiger partial charge in [-0.25, -0.2) is 0 Å². The van der Waals surface area contributed by atoms with Gasteiger partial charge in [0.1, 0.15) is 0 Å². The third-order valence-electron chi connectivity index (χ3n) is 4.42. The number of aromatic nitrogens is 1. The molecule has 1 aliphatic heterocycles. The average molecular weight is 324 g/mol. The molecular weight excluding hydrogens is 302 g/mol. The van der Waals surface area contributed by atoms with Crippen LogP contribution in [-0.2, 0) is 0 Å². The molecule has 2 unspecified atom stereocenters. The summed E-state index contributed by atoms with van der Waals surface area (Å²) in [6.45, 7) is 1.98. The van der Waals surface area contributed by atoms with E-state index in [1.54, 1.807) is 0 Å². The molecule has 0 bridgehead atoms. The lowest BCUT2D eigenvalue weighted by Crippen LogP contribution is -2.37. The molecule has 3 nitrogen and oxygen atoms in total. The number of nitrogens with two attached hydrogens (primary N) is 1. The largest absolute Gasteiger partial charge is 0.330 e. The monoisotopic (exact) mass is 323 g/mol. The molecule has 0 radical (unpaired) electrons. The van der Waals surface area contributed by atoms with Crippen molar-refractivity contribution < 1.29 is 0 Å². The van der Waals surface area contributed by atoms with Gasteiger partial charge in [0.2, 0.25) is 0 Å². The van der Waals surface area contributed by atoms with Crippen LogP contribution in [0.15, 0.2) is 22.8 Å². The van der Waals surface area contributed by atoms with E-state index in [0.29, 0.717) is 12.0 Å². The third kappa shape index (κ3) is 3.01. The number of nitrogens with zero attached hydrogens (tertiary/aromatic N) is 2. The number of halogens is 1. The van der Waals surface area contributed by atoms with Crippen LogP contribution in [0.4, 0.5) is 0 Å². The van der Waals surface area contributed by atoms with E-state index in [-0.39, 0.29) is 0 Å². The fraction of sp³-hybridized carbons (Fsp3) is 0.667. The predicted molar refractivity (Wildman–Crippen MR) is 80.8 cm³/mol. The van der Waals surface area contributed by atoms with Gasteiger partial charge in [0, 0.05) is 16.7 Å². The molecule has 1 aromatic heterocycles. The van der Waals surface area contributed by atoms with E-state index in [1.165, 1.54) is 44.3 Å². The summed E-state index contributed by atoms with van der Waals surface area (Å²) in [5, 5.41) is 0. The lowest BCUT2D eigenvalue weighted by atomic mass is 9.92. The fourth-order valence-electron chi connectivity index (χ4n) is 3.30. The summed E-state index contributed by atoms with van der Waals surface area (Å²) in [5.74, 6) is 0.553. The summed E-state index contributed by atoms with van der Waals surface area (Å²) < 4.78 is 1.05. The summed E-state index contributed by atoms with van der Waals surface area (Å²) in [4.78, 5) is 7.34. The molecule has 3 rings (SSSR count). The molecule has 2 N–H and O–H groups in total. The molecule has 1 saturated carbocycles. The first-order valence-corrected chi connectivity index (χ1v) is 8.16. The highest BCUT2D eigenvalue weighted by Crippen LogP contribution is 2.41. The van der Waals surface area contributed by atoms with Crippen LogP contribution in [0.1, 0.15) is 43.8 Å². The van der Waals surface area contributed by atoms with Gasteiger partial charge in [-0.1, -0.05) is 6.42 Å². The lowest BCUT2D eigenvalue weighted by molar-refractivity contribution is 0.145. The van der Waals surface area contributed by atoms with Gasteiger partial charge in [0.05, 0.1) is 11.7 Å². The Hall–Kier alpha value is -0.450. The maximum atomic E-state index is 6.05. The van der Waals surface area contributed by atoms with Crippen molar-refractivity contribution >= 4 is 15.9 Å². The fourth-order valence-corrected chi connectivity index (χ4v) is 3.54. The Bertz CT molecular complexity index is 416. The van der Waals surface area contributed by atoms with Crippen molar-refractivity contribution in [1.29, 1.82) is 0 Å². The van der Waals surface area contributed by atoms with E-state index in [2.05, 4.69) is 37.9 Å². The van der Waals surface area contributed by atoms with E-state index in [4.69, 9.17) is 5.73 Å². The summed E-state index contributed by atoms with van der Waals surface area (Å²) in [7, 11) is 0. The van der Waals surface area contributed by atoms with Crippen molar-refractivity contribution in [3.63, 3.8) is 0 Å². The zero-order chi connectivity index (χ0) is 13.2. The SMILES string of the molecule is NCC1CCCCN(C2CC2)C1c1ccc(Br)cn1. The van der Waals surface area contributed by atoms with Crippen LogP contribution < -0.4 is 5.73 Å². The van der Waals surface area contributed by atoms with E-state index in [9.17, 15) is 0 Å². The van der Waals surface area contributed by atoms with Crippen molar-refractivity contribution in [2.75, 3.05) is 13.1 Å². The van der Waals surface area contributed by atoms with Crippen LogP contribution in [-0.4, -0.2) is 29.0 Å². The Kier molecular flexibility index (Phi) is 4.20. The number of pyridine rings is 1. The molecule has 1 saturated heterocycles. The second-order valence-electron chi connectivity index (χ2n) is 5.81. The van der Waals surface area contributed by atoms with Gasteiger partial charge in [0.15, 0.2) is 0 Å². The van der Waals surface area contributed by atoms with Gasteiger partial charge in [-0.2, -0.15) is 0 Å². The van der Waals surface area contributed by atoms with E-state index < -0.39 is 0 Å². The zero-order valence-corrected chi connectivity index (χ0v) is 12.8. The van der Waals surface area contributed by atoms with Crippen LogP contribution in [0.2, 0.25) is 0 Å². The summed E-state index contributed by atoms with van der Waals surface area (Å²) in [6.07, 6.45) is 8.47. The molecule has 2 atom stereocenters. The van der Waals surface area contributed by atoms with E-state index in [0.717, 1.165) is 17.1 Å². The minimum Gasteiger partial charge on any atom is -0.330 e. The van der Waals surface area contributed by atoms with E-state index >= 15 is 0 Å². The molecule has 2 fully saturated rings. The van der Waals surface area contributed by atoms with Gasteiger partial charge in [-0.3, -0.25) is 9.88 Å². The van der Waals surface area contributed by atoms with Crippen molar-refractivity contribution in [2.45, 2.75) is 44.2 Å². The molecule has 1 aromatic rings. The smallest absolute Gasteiger partial charge is 0.0579 e. The predicted octanol–water partition coefficient (Wildman–Crippen LogP) is 3.11. The van der Waals surface area contributed by atoms with Gasteiger partial charge in [-0.05, 0) is 72.8 Å². The second kappa shape index (κ2) is 5.90. The van der Waals surface area contributed by atoms with Crippen LogP contribution in [0.3, 0.4) is 0 Å². The molecule has 19 heavy (non-hydrogen) atoms. The second-order valence-corrected chi connectivity index (χ2v) is 6.72. The molecule has 0 spiro atoms. The first-order valence-electron chi connectivity index (χ1n) is 7.37. The molecule has 2 heterocycles. The maximum Gasteiger partial charge on any atom is 0.0579 e. The minimum atomic E-state index is 0.424. The number of rotatable bonds is 3. The third-order valence-corrected chi connectivity index (χ3v) is 4.89. The molecule has 0 amide bonds. The Labute approximate surface area is 123 Å². The Morgan fingerprint density at radius 2 is 2.11 bits per heavy atom. The van der Waals surface area contributed by atoms with Gasteiger partial charge in [0.25, 0.3) is 0 Å². The highest BCUT2D eigenvalue weighted by Gasteiger charge is 2.39. The zero-order valence-electron chi connectivity index (χ0n) is 11.3. The summed E-state index contributed by atoms with van der Waals surface area (Å²) in [5.41, 5.74) is 7.25. The molecule has 0 aromatic carbocycles. The topological polar surface area (TPSA) is 42.1 Å². The van der Waals surface area contributed by atoms with Gasteiger partial charge >= 0.3 is 0 Å².